The van der Waals surface area contributed by atoms with Gasteiger partial charge in [0.2, 0.25) is 0 Å². The molecule has 1 heterocycles. The average molecular weight is 197 g/mol. The Kier molecular flexibility index (Phi) is 4.32. The predicted molar refractivity (Wildman–Crippen MR) is 55.7 cm³/mol. The molecule has 0 saturated carbocycles. The maximum atomic E-state index is 12.9. The van der Waals surface area contributed by atoms with Crippen LogP contribution in [0.2, 0.25) is 0 Å². The summed E-state index contributed by atoms with van der Waals surface area (Å²) in [5.41, 5.74) is 0.862. The Bertz CT molecular complexity index is 289. The summed E-state index contributed by atoms with van der Waals surface area (Å²) >= 11 is 0. The van der Waals surface area contributed by atoms with E-state index in [1.54, 1.807) is 0 Å². The first-order valence-electron chi connectivity index (χ1n) is 4.80. The number of hydrogen-bond donors (Lipinski definition) is 2. The van der Waals surface area contributed by atoms with E-state index >= 15 is 0 Å². The molecule has 0 amide bonds. The van der Waals surface area contributed by atoms with Gasteiger partial charge in [-0.15, -0.1) is 0 Å². The van der Waals surface area contributed by atoms with Crippen molar-refractivity contribution in [2.75, 3.05) is 18.9 Å². The molecular weight excluding hydrogens is 181 g/mol. The lowest BCUT2D eigenvalue weighted by atomic mass is 10.2. The number of nitrogens with zero attached hydrogens (tertiary/aromatic N) is 1. The third kappa shape index (κ3) is 2.96. The lowest BCUT2D eigenvalue weighted by Crippen LogP contribution is -2.11. The van der Waals surface area contributed by atoms with Gasteiger partial charge in [-0.1, -0.05) is 6.92 Å². The summed E-state index contributed by atoms with van der Waals surface area (Å²) in [4.78, 5) is 4.01. The Morgan fingerprint density at radius 1 is 1.50 bits per heavy atom. The maximum Gasteiger partial charge on any atom is 0.141 e. The summed E-state index contributed by atoms with van der Waals surface area (Å²) in [6, 6.07) is 1.50. The second-order valence-corrected chi connectivity index (χ2v) is 3.12. The molecule has 1 aromatic heterocycles. The van der Waals surface area contributed by atoms with Crippen molar-refractivity contribution in [3.63, 3.8) is 0 Å². The Hall–Kier alpha value is -1.16. The first-order valence-corrected chi connectivity index (χ1v) is 4.80. The van der Waals surface area contributed by atoms with E-state index in [-0.39, 0.29) is 5.82 Å². The average Bonchev–Trinajstić information content (AvgIpc) is 2.17. The third-order valence-electron chi connectivity index (χ3n) is 1.84. The quantitative estimate of drug-likeness (QED) is 0.755. The SMILES string of the molecule is CCCNc1ncc(F)cc1CNC. The standard InChI is InChI=1S/C10H16FN3/c1-3-4-13-10-8(6-12-2)5-9(11)7-14-10/h5,7,12H,3-4,6H2,1-2H3,(H,13,14). The van der Waals surface area contributed by atoms with Gasteiger partial charge in [0.05, 0.1) is 6.20 Å². The fourth-order valence-electron chi connectivity index (χ4n) is 1.21. The van der Waals surface area contributed by atoms with Crippen LogP contribution in [0.25, 0.3) is 0 Å². The molecule has 0 saturated heterocycles. The zero-order valence-electron chi connectivity index (χ0n) is 8.60. The Morgan fingerprint density at radius 3 is 2.93 bits per heavy atom. The van der Waals surface area contributed by atoms with E-state index in [2.05, 4.69) is 22.5 Å². The van der Waals surface area contributed by atoms with Gasteiger partial charge in [-0.2, -0.15) is 0 Å². The Morgan fingerprint density at radius 2 is 2.29 bits per heavy atom. The molecule has 14 heavy (non-hydrogen) atoms. The summed E-state index contributed by atoms with van der Waals surface area (Å²) in [6.07, 6.45) is 2.26. The van der Waals surface area contributed by atoms with Gasteiger partial charge in [0.25, 0.3) is 0 Å². The van der Waals surface area contributed by atoms with Crippen molar-refractivity contribution in [3.05, 3.63) is 23.6 Å². The molecule has 0 radical (unpaired) electrons. The van der Waals surface area contributed by atoms with Crippen molar-refractivity contribution < 1.29 is 4.39 Å². The van der Waals surface area contributed by atoms with E-state index in [4.69, 9.17) is 0 Å². The lowest BCUT2D eigenvalue weighted by molar-refractivity contribution is 0.617. The van der Waals surface area contributed by atoms with Crippen LogP contribution < -0.4 is 10.6 Å². The molecule has 0 aromatic carbocycles. The van der Waals surface area contributed by atoms with Crippen LogP contribution in [0.1, 0.15) is 18.9 Å². The highest BCUT2D eigenvalue weighted by molar-refractivity contribution is 5.43. The second kappa shape index (κ2) is 5.54. The van der Waals surface area contributed by atoms with Crippen LogP contribution in [0, 0.1) is 5.82 Å². The van der Waals surface area contributed by atoms with Gasteiger partial charge in [0.15, 0.2) is 0 Å². The Balaban J connectivity index is 2.78. The normalized spacial score (nSPS) is 10.2. The van der Waals surface area contributed by atoms with Crippen LogP contribution in [-0.2, 0) is 6.54 Å². The van der Waals surface area contributed by atoms with Crippen LogP contribution in [0.15, 0.2) is 12.3 Å². The first kappa shape index (κ1) is 10.9. The molecule has 0 aliphatic heterocycles. The molecule has 0 spiro atoms. The number of pyridine rings is 1. The van der Waals surface area contributed by atoms with Crippen LogP contribution >= 0.6 is 0 Å². The van der Waals surface area contributed by atoms with Crippen molar-refractivity contribution in [1.29, 1.82) is 0 Å². The fourth-order valence-corrected chi connectivity index (χ4v) is 1.21. The molecule has 0 atom stereocenters. The van der Waals surface area contributed by atoms with Crippen LogP contribution in [0.3, 0.4) is 0 Å². The lowest BCUT2D eigenvalue weighted by Gasteiger charge is -2.09. The van der Waals surface area contributed by atoms with Gasteiger partial charge in [-0.3, -0.25) is 0 Å². The number of nitrogens with one attached hydrogen (secondary N) is 2. The van der Waals surface area contributed by atoms with E-state index in [0.717, 1.165) is 24.3 Å². The van der Waals surface area contributed by atoms with Gasteiger partial charge in [0.1, 0.15) is 11.6 Å². The second-order valence-electron chi connectivity index (χ2n) is 3.12. The highest BCUT2D eigenvalue weighted by atomic mass is 19.1. The minimum atomic E-state index is -0.294. The van der Waals surface area contributed by atoms with E-state index in [0.29, 0.717) is 6.54 Å². The summed E-state index contributed by atoms with van der Waals surface area (Å²) in [6.45, 7) is 3.56. The molecule has 0 bridgehead atoms. The van der Waals surface area contributed by atoms with Crippen molar-refractivity contribution in [1.82, 2.24) is 10.3 Å². The number of hydrogen-bond acceptors (Lipinski definition) is 3. The van der Waals surface area contributed by atoms with E-state index in [1.807, 2.05) is 7.05 Å². The molecule has 0 aliphatic rings. The molecule has 1 aromatic rings. The molecule has 0 fully saturated rings. The van der Waals surface area contributed by atoms with Crippen molar-refractivity contribution in [2.24, 2.45) is 0 Å². The number of halogens is 1. The largest absolute Gasteiger partial charge is 0.370 e. The van der Waals surface area contributed by atoms with Crippen molar-refractivity contribution >= 4 is 5.82 Å². The van der Waals surface area contributed by atoms with E-state index < -0.39 is 0 Å². The van der Waals surface area contributed by atoms with Crippen LogP contribution in [-0.4, -0.2) is 18.6 Å². The van der Waals surface area contributed by atoms with Crippen LogP contribution in [0.4, 0.5) is 10.2 Å². The van der Waals surface area contributed by atoms with Gasteiger partial charge in [0, 0.05) is 18.7 Å². The minimum Gasteiger partial charge on any atom is -0.370 e. The van der Waals surface area contributed by atoms with Gasteiger partial charge >= 0.3 is 0 Å². The molecule has 0 aliphatic carbocycles. The maximum absolute atomic E-state index is 12.9. The summed E-state index contributed by atoms with van der Waals surface area (Å²) in [7, 11) is 1.83. The van der Waals surface area contributed by atoms with Crippen molar-refractivity contribution in [3.8, 4) is 0 Å². The van der Waals surface area contributed by atoms with Gasteiger partial charge < -0.3 is 10.6 Å². The van der Waals surface area contributed by atoms with E-state index in [1.165, 1.54) is 12.3 Å². The van der Waals surface area contributed by atoms with Crippen molar-refractivity contribution in [2.45, 2.75) is 19.9 Å². The fraction of sp³-hybridized carbons (Fsp3) is 0.500. The molecular formula is C10H16FN3. The number of rotatable bonds is 5. The highest BCUT2D eigenvalue weighted by Crippen LogP contribution is 2.13. The molecule has 4 heteroatoms. The third-order valence-corrected chi connectivity index (χ3v) is 1.84. The summed E-state index contributed by atoms with van der Waals surface area (Å²) in [5.74, 6) is 0.472. The predicted octanol–water partition coefficient (Wildman–Crippen LogP) is 1.76. The Labute approximate surface area is 83.7 Å². The number of anilines is 1. The molecule has 2 N–H and O–H groups in total. The van der Waals surface area contributed by atoms with Gasteiger partial charge in [-0.25, -0.2) is 9.37 Å². The molecule has 78 valence electrons. The first-order chi connectivity index (χ1) is 6.77. The summed E-state index contributed by atoms with van der Waals surface area (Å²) in [5, 5.41) is 6.14. The summed E-state index contributed by atoms with van der Waals surface area (Å²) < 4.78 is 12.9. The molecule has 0 unspecified atom stereocenters. The van der Waals surface area contributed by atoms with Crippen LogP contribution in [0.5, 0.6) is 0 Å². The number of aromatic nitrogens is 1. The van der Waals surface area contributed by atoms with Gasteiger partial charge in [-0.05, 0) is 19.5 Å². The minimum absolute atomic E-state index is 0.294. The zero-order chi connectivity index (χ0) is 10.4. The topological polar surface area (TPSA) is 37.0 Å². The monoisotopic (exact) mass is 197 g/mol. The zero-order valence-corrected chi connectivity index (χ0v) is 8.60. The molecule has 1 rings (SSSR count). The van der Waals surface area contributed by atoms with E-state index in [9.17, 15) is 4.39 Å². The smallest absolute Gasteiger partial charge is 0.141 e. The molecule has 3 nitrogen and oxygen atoms in total. The highest BCUT2D eigenvalue weighted by Gasteiger charge is 2.03.